The normalized spacial score (nSPS) is 15.1. The quantitative estimate of drug-likeness (QED) is 0.384. The Morgan fingerprint density at radius 1 is 0.833 bits per heavy atom. The number of rotatable bonds is 4. The lowest BCUT2D eigenvalue weighted by Crippen LogP contribution is -2.46. The summed E-state index contributed by atoms with van der Waals surface area (Å²) in [5.41, 5.74) is 8.36. The maximum atomic E-state index is 4.81. The van der Waals surface area contributed by atoms with Crippen molar-refractivity contribution in [2.45, 2.75) is 32.7 Å². The number of para-hydroxylation sites is 2. The van der Waals surface area contributed by atoms with Crippen LogP contribution in [0.25, 0.3) is 33.6 Å². The number of benzene rings is 2. The van der Waals surface area contributed by atoms with E-state index in [1.54, 1.807) is 0 Å². The predicted molar refractivity (Wildman–Crippen MR) is 145 cm³/mol. The number of hydrogen-bond acceptors (Lipinski definition) is 6. The van der Waals surface area contributed by atoms with Gasteiger partial charge in [0.05, 0.1) is 28.6 Å². The molecule has 1 aliphatic heterocycles. The van der Waals surface area contributed by atoms with Gasteiger partial charge in [0.2, 0.25) is 0 Å². The number of nitrogens with zero attached hydrogens (tertiary/aromatic N) is 6. The SMILES string of the molecule is CC(C)(C)c1ccc(-c2nc3nccc(N4CCN(Cc5cnc6ccccc6n5)CC4)c3[nH]2)cc1. The summed E-state index contributed by atoms with van der Waals surface area (Å²) in [4.78, 5) is 27.1. The van der Waals surface area contributed by atoms with E-state index in [4.69, 9.17) is 9.97 Å². The Balaban J connectivity index is 1.17. The first-order valence-corrected chi connectivity index (χ1v) is 12.6. The molecule has 7 heteroatoms. The maximum Gasteiger partial charge on any atom is 0.180 e. The predicted octanol–water partition coefficient (Wildman–Crippen LogP) is 5.19. The fourth-order valence-electron chi connectivity index (χ4n) is 4.87. The molecule has 1 aliphatic rings. The molecule has 7 nitrogen and oxygen atoms in total. The average Bonchev–Trinajstić information content (AvgIpc) is 3.33. The molecule has 0 aliphatic carbocycles. The zero-order chi connectivity index (χ0) is 24.7. The minimum atomic E-state index is 0.129. The van der Waals surface area contributed by atoms with Gasteiger partial charge in [0.25, 0.3) is 0 Å². The molecular formula is C29H31N7. The number of aromatic amines is 1. The van der Waals surface area contributed by atoms with Gasteiger partial charge in [0, 0.05) is 44.5 Å². The van der Waals surface area contributed by atoms with Gasteiger partial charge in [-0.15, -0.1) is 0 Å². The van der Waals surface area contributed by atoms with Gasteiger partial charge in [0.15, 0.2) is 5.65 Å². The van der Waals surface area contributed by atoms with Crippen molar-refractivity contribution < 1.29 is 0 Å². The Bertz CT molecular complexity index is 1510. The van der Waals surface area contributed by atoms with Crippen molar-refractivity contribution >= 4 is 27.9 Å². The van der Waals surface area contributed by atoms with Crippen molar-refractivity contribution in [3.63, 3.8) is 0 Å². The molecule has 1 fully saturated rings. The summed E-state index contributed by atoms with van der Waals surface area (Å²) < 4.78 is 0. The molecular weight excluding hydrogens is 446 g/mol. The summed E-state index contributed by atoms with van der Waals surface area (Å²) in [5.74, 6) is 0.860. The molecule has 5 aromatic rings. The highest BCUT2D eigenvalue weighted by Gasteiger charge is 2.21. The molecule has 4 heterocycles. The van der Waals surface area contributed by atoms with Crippen LogP contribution in [0.5, 0.6) is 0 Å². The van der Waals surface area contributed by atoms with Crippen LogP contribution in [0, 0.1) is 0 Å². The van der Waals surface area contributed by atoms with Crippen LogP contribution in [-0.4, -0.2) is 56.0 Å². The first-order chi connectivity index (χ1) is 17.4. The summed E-state index contributed by atoms with van der Waals surface area (Å²) in [6, 6.07) is 18.8. The number of hydrogen-bond donors (Lipinski definition) is 1. The molecule has 6 rings (SSSR count). The third-order valence-corrected chi connectivity index (χ3v) is 6.99. The zero-order valence-corrected chi connectivity index (χ0v) is 21.1. The van der Waals surface area contributed by atoms with Gasteiger partial charge < -0.3 is 9.88 Å². The van der Waals surface area contributed by atoms with E-state index in [1.807, 2.05) is 36.7 Å². The largest absolute Gasteiger partial charge is 0.367 e. The number of imidazole rings is 1. The number of piperazine rings is 1. The fraction of sp³-hybridized carbons (Fsp3) is 0.310. The number of pyridine rings is 1. The molecule has 0 spiro atoms. The monoisotopic (exact) mass is 477 g/mol. The summed E-state index contributed by atoms with van der Waals surface area (Å²) >= 11 is 0. The van der Waals surface area contributed by atoms with Gasteiger partial charge in [-0.25, -0.2) is 15.0 Å². The highest BCUT2D eigenvalue weighted by Crippen LogP contribution is 2.29. The van der Waals surface area contributed by atoms with Crippen LogP contribution >= 0.6 is 0 Å². The van der Waals surface area contributed by atoms with Gasteiger partial charge in [-0.3, -0.25) is 9.88 Å². The minimum Gasteiger partial charge on any atom is -0.367 e. The Hall–Kier alpha value is -3.84. The summed E-state index contributed by atoms with van der Waals surface area (Å²) in [5, 5.41) is 0. The molecule has 3 aromatic heterocycles. The Kier molecular flexibility index (Phi) is 5.64. The van der Waals surface area contributed by atoms with Crippen molar-refractivity contribution in [3.8, 4) is 11.4 Å². The van der Waals surface area contributed by atoms with Gasteiger partial charge in [-0.2, -0.15) is 0 Å². The summed E-state index contributed by atoms with van der Waals surface area (Å²) in [7, 11) is 0. The smallest absolute Gasteiger partial charge is 0.180 e. The Morgan fingerprint density at radius 3 is 2.33 bits per heavy atom. The van der Waals surface area contributed by atoms with E-state index in [2.05, 4.69) is 75.9 Å². The van der Waals surface area contributed by atoms with Gasteiger partial charge in [0.1, 0.15) is 11.3 Å². The number of fused-ring (bicyclic) bond motifs is 2. The number of anilines is 1. The second kappa shape index (κ2) is 8.99. The first kappa shape index (κ1) is 22.6. The van der Waals surface area contributed by atoms with Crippen molar-refractivity contribution in [3.05, 3.63) is 78.2 Å². The average molecular weight is 478 g/mol. The standard InChI is InChI=1S/C29H31N7/c1-29(2,3)21-10-8-20(9-11-21)27-33-26-25(12-13-30-28(26)34-27)36-16-14-35(15-17-36)19-22-18-31-23-6-4-5-7-24(23)32-22/h4-13,18H,14-17,19H2,1-3H3,(H,30,33,34). The highest BCUT2D eigenvalue weighted by molar-refractivity contribution is 5.88. The molecule has 36 heavy (non-hydrogen) atoms. The Labute approximate surface area is 211 Å². The molecule has 0 atom stereocenters. The molecule has 182 valence electrons. The van der Waals surface area contributed by atoms with Crippen molar-refractivity contribution in [2.24, 2.45) is 0 Å². The van der Waals surface area contributed by atoms with E-state index >= 15 is 0 Å². The summed E-state index contributed by atoms with van der Waals surface area (Å²) in [6.07, 6.45) is 3.77. The van der Waals surface area contributed by atoms with Crippen LogP contribution in [0.4, 0.5) is 5.69 Å². The minimum absolute atomic E-state index is 0.129. The van der Waals surface area contributed by atoms with Crippen molar-refractivity contribution in [2.75, 3.05) is 31.1 Å². The number of H-pyrrole nitrogens is 1. The van der Waals surface area contributed by atoms with Gasteiger partial charge >= 0.3 is 0 Å². The van der Waals surface area contributed by atoms with Gasteiger partial charge in [-0.1, -0.05) is 57.2 Å². The lowest BCUT2D eigenvalue weighted by molar-refractivity contribution is 0.247. The third-order valence-electron chi connectivity index (χ3n) is 6.99. The second-order valence-corrected chi connectivity index (χ2v) is 10.6. The molecule has 2 aromatic carbocycles. The van der Waals surface area contributed by atoms with Crippen LogP contribution in [0.1, 0.15) is 32.0 Å². The van der Waals surface area contributed by atoms with Crippen molar-refractivity contribution in [1.29, 1.82) is 0 Å². The highest BCUT2D eigenvalue weighted by atomic mass is 15.3. The van der Waals surface area contributed by atoms with Crippen molar-refractivity contribution in [1.82, 2.24) is 29.8 Å². The van der Waals surface area contributed by atoms with E-state index in [1.165, 1.54) is 5.56 Å². The summed E-state index contributed by atoms with van der Waals surface area (Å²) in [6.45, 7) is 11.3. The zero-order valence-electron chi connectivity index (χ0n) is 21.1. The fourth-order valence-corrected chi connectivity index (χ4v) is 4.87. The maximum absolute atomic E-state index is 4.81. The lowest BCUT2D eigenvalue weighted by atomic mass is 9.87. The van der Waals surface area contributed by atoms with E-state index < -0.39 is 0 Å². The Morgan fingerprint density at radius 2 is 1.58 bits per heavy atom. The van der Waals surface area contributed by atoms with E-state index in [9.17, 15) is 0 Å². The first-order valence-electron chi connectivity index (χ1n) is 12.6. The second-order valence-electron chi connectivity index (χ2n) is 10.6. The molecule has 0 radical (unpaired) electrons. The van der Waals surface area contributed by atoms with Crippen LogP contribution in [0.15, 0.2) is 67.0 Å². The molecule has 0 bridgehead atoms. The van der Waals surface area contributed by atoms with Gasteiger partial charge in [-0.05, 0) is 29.2 Å². The third kappa shape index (κ3) is 4.42. The van der Waals surface area contributed by atoms with Crippen LogP contribution in [0.2, 0.25) is 0 Å². The van der Waals surface area contributed by atoms with Crippen LogP contribution < -0.4 is 4.90 Å². The lowest BCUT2D eigenvalue weighted by Gasteiger charge is -2.36. The van der Waals surface area contributed by atoms with E-state index in [0.29, 0.717) is 0 Å². The van der Waals surface area contributed by atoms with Crippen LogP contribution in [0.3, 0.4) is 0 Å². The number of nitrogens with one attached hydrogen (secondary N) is 1. The molecule has 1 N–H and O–H groups in total. The molecule has 0 saturated carbocycles. The number of aromatic nitrogens is 5. The molecule has 1 saturated heterocycles. The van der Waals surface area contributed by atoms with Crippen LogP contribution in [-0.2, 0) is 12.0 Å². The molecule has 0 amide bonds. The molecule has 0 unspecified atom stereocenters. The topological polar surface area (TPSA) is 73.8 Å². The van der Waals surface area contributed by atoms with E-state index in [0.717, 1.165) is 77.7 Å². The van der Waals surface area contributed by atoms with E-state index in [-0.39, 0.29) is 5.41 Å².